The van der Waals surface area contributed by atoms with Crippen molar-refractivity contribution in [1.82, 2.24) is 0 Å². The Morgan fingerprint density at radius 2 is 2.07 bits per heavy atom. The second kappa shape index (κ2) is 3.13. The van der Waals surface area contributed by atoms with Gasteiger partial charge in [0.15, 0.2) is 0 Å². The summed E-state index contributed by atoms with van der Waals surface area (Å²) in [6, 6.07) is 7.79. The number of terminal acetylenes is 1. The molecule has 1 aliphatic rings. The van der Waals surface area contributed by atoms with E-state index in [0.717, 1.165) is 11.3 Å². The molecule has 0 N–H and O–H groups in total. The fourth-order valence-electron chi connectivity index (χ4n) is 1.93. The quantitative estimate of drug-likeness (QED) is 0.633. The Balaban J connectivity index is 2.52. The van der Waals surface area contributed by atoms with E-state index >= 15 is 0 Å². The van der Waals surface area contributed by atoms with E-state index in [0.29, 0.717) is 6.42 Å². The van der Waals surface area contributed by atoms with Gasteiger partial charge in [-0.25, -0.2) is 0 Å². The lowest BCUT2D eigenvalue weighted by Crippen LogP contribution is -2.44. The van der Waals surface area contributed by atoms with Crippen molar-refractivity contribution in [3.63, 3.8) is 0 Å². The van der Waals surface area contributed by atoms with Gasteiger partial charge >= 0.3 is 0 Å². The van der Waals surface area contributed by atoms with Gasteiger partial charge in [0.25, 0.3) is 0 Å². The first kappa shape index (κ1) is 9.79. The molecule has 76 valence electrons. The van der Waals surface area contributed by atoms with E-state index in [-0.39, 0.29) is 5.91 Å². The summed E-state index contributed by atoms with van der Waals surface area (Å²) in [6.45, 7) is 3.76. The molecule has 0 saturated carbocycles. The van der Waals surface area contributed by atoms with Crippen molar-refractivity contribution < 1.29 is 4.79 Å². The normalized spacial score (nSPS) is 15.0. The van der Waals surface area contributed by atoms with Crippen LogP contribution in [0, 0.1) is 12.3 Å². The van der Waals surface area contributed by atoms with Gasteiger partial charge in [0.1, 0.15) is 5.54 Å². The number of hydrogen-bond donors (Lipinski definition) is 0. The highest BCUT2D eigenvalue weighted by Crippen LogP contribution is 2.33. The Bertz CT molecular complexity index is 454. The standard InChI is InChI=1S/C13H13NO/c1-4-13(2,3)14-11-8-6-5-7-10(11)9-12(14)15/h1,5-8H,9H2,2-3H3. The molecule has 0 bridgehead atoms. The largest absolute Gasteiger partial charge is 0.295 e. The summed E-state index contributed by atoms with van der Waals surface area (Å²) >= 11 is 0. The molecular formula is C13H13NO. The van der Waals surface area contributed by atoms with Crippen LogP contribution in [0.5, 0.6) is 0 Å². The first-order valence-corrected chi connectivity index (χ1v) is 4.95. The van der Waals surface area contributed by atoms with Crippen molar-refractivity contribution >= 4 is 11.6 Å². The lowest BCUT2D eigenvalue weighted by Gasteiger charge is -2.31. The van der Waals surface area contributed by atoms with E-state index in [4.69, 9.17) is 6.42 Å². The highest BCUT2D eigenvalue weighted by Gasteiger charge is 2.36. The SMILES string of the molecule is C#CC(C)(C)N1C(=O)Cc2ccccc21. The van der Waals surface area contributed by atoms with Gasteiger partial charge in [0.05, 0.1) is 6.42 Å². The summed E-state index contributed by atoms with van der Waals surface area (Å²) in [7, 11) is 0. The van der Waals surface area contributed by atoms with Crippen LogP contribution in [-0.2, 0) is 11.2 Å². The van der Waals surface area contributed by atoms with Gasteiger partial charge in [0.2, 0.25) is 5.91 Å². The molecule has 0 atom stereocenters. The molecule has 0 saturated heterocycles. The molecule has 0 radical (unpaired) electrons. The number of para-hydroxylation sites is 1. The van der Waals surface area contributed by atoms with E-state index < -0.39 is 5.54 Å². The van der Waals surface area contributed by atoms with Gasteiger partial charge in [-0.05, 0) is 25.5 Å². The van der Waals surface area contributed by atoms with E-state index in [1.54, 1.807) is 4.90 Å². The fourth-order valence-corrected chi connectivity index (χ4v) is 1.93. The van der Waals surface area contributed by atoms with Gasteiger partial charge in [-0.3, -0.25) is 9.69 Å². The number of benzene rings is 1. The van der Waals surface area contributed by atoms with Gasteiger partial charge in [-0.15, -0.1) is 6.42 Å². The summed E-state index contributed by atoms with van der Waals surface area (Å²) in [5.41, 5.74) is 1.46. The average molecular weight is 199 g/mol. The van der Waals surface area contributed by atoms with Crippen molar-refractivity contribution in [3.8, 4) is 12.3 Å². The molecule has 1 aromatic carbocycles. The zero-order chi connectivity index (χ0) is 11.1. The van der Waals surface area contributed by atoms with Crippen LogP contribution in [0.1, 0.15) is 19.4 Å². The van der Waals surface area contributed by atoms with Crippen LogP contribution in [0.2, 0.25) is 0 Å². The minimum absolute atomic E-state index is 0.0825. The number of carbonyl (C=O) groups is 1. The lowest BCUT2D eigenvalue weighted by molar-refractivity contribution is -0.118. The molecule has 2 nitrogen and oxygen atoms in total. The maximum atomic E-state index is 11.9. The summed E-state index contributed by atoms with van der Waals surface area (Å²) in [5.74, 6) is 2.74. The third kappa shape index (κ3) is 1.41. The molecule has 2 rings (SSSR count). The molecule has 0 aromatic heterocycles. The molecule has 1 aromatic rings. The van der Waals surface area contributed by atoms with Crippen LogP contribution in [0.3, 0.4) is 0 Å². The van der Waals surface area contributed by atoms with E-state index in [9.17, 15) is 4.79 Å². The zero-order valence-electron chi connectivity index (χ0n) is 8.95. The first-order valence-electron chi connectivity index (χ1n) is 4.95. The molecule has 1 aliphatic heterocycles. The molecule has 15 heavy (non-hydrogen) atoms. The maximum Gasteiger partial charge on any atom is 0.232 e. The second-order valence-corrected chi connectivity index (χ2v) is 4.24. The van der Waals surface area contributed by atoms with Crippen LogP contribution >= 0.6 is 0 Å². The lowest BCUT2D eigenvalue weighted by atomic mass is 10.0. The minimum atomic E-state index is -0.552. The highest BCUT2D eigenvalue weighted by atomic mass is 16.2. The van der Waals surface area contributed by atoms with Crippen molar-refractivity contribution in [2.75, 3.05) is 4.90 Å². The third-order valence-corrected chi connectivity index (χ3v) is 2.74. The number of carbonyl (C=O) groups excluding carboxylic acids is 1. The Labute approximate surface area is 89.9 Å². The van der Waals surface area contributed by atoms with E-state index in [2.05, 4.69) is 5.92 Å². The van der Waals surface area contributed by atoms with Gasteiger partial charge in [-0.1, -0.05) is 24.1 Å². The first-order chi connectivity index (χ1) is 7.06. The fraction of sp³-hybridized carbons (Fsp3) is 0.308. The van der Waals surface area contributed by atoms with Crippen molar-refractivity contribution in [1.29, 1.82) is 0 Å². The molecular weight excluding hydrogens is 186 g/mol. The molecule has 0 fully saturated rings. The topological polar surface area (TPSA) is 20.3 Å². The van der Waals surface area contributed by atoms with Crippen molar-refractivity contribution in [3.05, 3.63) is 29.8 Å². The molecule has 1 heterocycles. The number of rotatable bonds is 1. The van der Waals surface area contributed by atoms with Crippen LogP contribution in [0.4, 0.5) is 5.69 Å². The van der Waals surface area contributed by atoms with Gasteiger partial charge in [-0.2, -0.15) is 0 Å². The zero-order valence-corrected chi connectivity index (χ0v) is 8.95. The number of amides is 1. The molecule has 0 spiro atoms. The summed E-state index contributed by atoms with van der Waals surface area (Å²) < 4.78 is 0. The van der Waals surface area contributed by atoms with Crippen molar-refractivity contribution in [2.45, 2.75) is 25.8 Å². The molecule has 0 aliphatic carbocycles. The Hall–Kier alpha value is -1.75. The Kier molecular flexibility index (Phi) is 2.04. The Morgan fingerprint density at radius 3 is 2.73 bits per heavy atom. The summed E-state index contributed by atoms with van der Waals surface area (Å²) in [5, 5.41) is 0. The Morgan fingerprint density at radius 1 is 1.40 bits per heavy atom. The van der Waals surface area contributed by atoms with Crippen LogP contribution in [0.25, 0.3) is 0 Å². The van der Waals surface area contributed by atoms with Crippen molar-refractivity contribution in [2.24, 2.45) is 0 Å². The number of hydrogen-bond acceptors (Lipinski definition) is 1. The number of nitrogens with zero attached hydrogens (tertiary/aromatic N) is 1. The molecule has 2 heteroatoms. The minimum Gasteiger partial charge on any atom is -0.295 e. The van der Waals surface area contributed by atoms with Gasteiger partial charge < -0.3 is 0 Å². The van der Waals surface area contributed by atoms with Crippen LogP contribution in [-0.4, -0.2) is 11.4 Å². The van der Waals surface area contributed by atoms with Crippen LogP contribution < -0.4 is 4.90 Å². The number of fused-ring (bicyclic) bond motifs is 1. The smallest absolute Gasteiger partial charge is 0.232 e. The van der Waals surface area contributed by atoms with E-state index in [1.807, 2.05) is 38.1 Å². The molecule has 1 amide bonds. The third-order valence-electron chi connectivity index (χ3n) is 2.74. The molecule has 0 unspecified atom stereocenters. The monoisotopic (exact) mass is 199 g/mol. The second-order valence-electron chi connectivity index (χ2n) is 4.24. The average Bonchev–Trinajstić information content (AvgIpc) is 2.54. The van der Waals surface area contributed by atoms with Gasteiger partial charge in [0, 0.05) is 5.69 Å². The number of anilines is 1. The summed E-state index contributed by atoms with van der Waals surface area (Å²) in [6.07, 6.45) is 5.92. The predicted molar refractivity (Wildman–Crippen MR) is 60.5 cm³/mol. The maximum absolute atomic E-state index is 11.9. The summed E-state index contributed by atoms with van der Waals surface area (Å²) in [4.78, 5) is 13.6. The van der Waals surface area contributed by atoms with E-state index in [1.165, 1.54) is 0 Å². The highest BCUT2D eigenvalue weighted by molar-refractivity contribution is 6.03. The predicted octanol–water partition coefficient (Wildman–Crippen LogP) is 1.99. The van der Waals surface area contributed by atoms with Crippen LogP contribution in [0.15, 0.2) is 24.3 Å².